The second kappa shape index (κ2) is 8.94. The highest BCUT2D eigenvalue weighted by molar-refractivity contribution is 6.00. The Morgan fingerprint density at radius 3 is 2.67 bits per heavy atom. The predicted molar refractivity (Wildman–Crippen MR) is 130 cm³/mol. The number of benzene rings is 3. The van der Waals surface area contributed by atoms with Gasteiger partial charge in [0, 0.05) is 35.7 Å². The van der Waals surface area contributed by atoms with E-state index in [1.165, 1.54) is 11.1 Å². The lowest BCUT2D eigenvalue weighted by Gasteiger charge is -2.29. The molecule has 0 saturated heterocycles. The number of carbonyl (C=O) groups excluding carboxylic acids is 1. The third-order valence-corrected chi connectivity index (χ3v) is 6.10. The van der Waals surface area contributed by atoms with Crippen molar-refractivity contribution in [1.82, 2.24) is 9.88 Å². The Balaban J connectivity index is 1.50. The van der Waals surface area contributed by atoms with E-state index in [1.807, 2.05) is 66.4 Å². The molecule has 0 fully saturated rings. The maximum Gasteiger partial charge on any atom is 0.254 e. The number of hydrogen-bond acceptors (Lipinski definition) is 4. The number of pyridine rings is 1. The van der Waals surface area contributed by atoms with Gasteiger partial charge in [-0.3, -0.25) is 4.79 Å². The quantitative estimate of drug-likeness (QED) is 0.412. The number of nitrogens with zero attached hydrogens (tertiary/aromatic N) is 2. The Hall–Kier alpha value is -3.86. The van der Waals surface area contributed by atoms with Gasteiger partial charge in [0.1, 0.15) is 11.5 Å². The van der Waals surface area contributed by atoms with Gasteiger partial charge in [0.15, 0.2) is 0 Å². The van der Waals surface area contributed by atoms with E-state index in [4.69, 9.17) is 14.5 Å². The number of methoxy groups -OCH3 is 1. The molecule has 1 aliphatic heterocycles. The standard InChI is InChI=1S/C28H26N2O3/c1-3-33-27-17-26(20-9-6-10-23(15-20)32-2)29-25-12-11-21(16-24(25)27)28(31)30-14-13-19-7-4-5-8-22(19)18-30/h4-12,15-17H,3,13-14,18H2,1-2H3. The minimum atomic E-state index is 0.0331. The van der Waals surface area contributed by atoms with E-state index in [2.05, 4.69) is 18.2 Å². The summed E-state index contributed by atoms with van der Waals surface area (Å²) >= 11 is 0. The highest BCUT2D eigenvalue weighted by atomic mass is 16.5. The average Bonchev–Trinajstić information content (AvgIpc) is 2.87. The van der Waals surface area contributed by atoms with Gasteiger partial charge in [0.05, 0.1) is 24.9 Å². The highest BCUT2D eigenvalue weighted by Crippen LogP contribution is 2.32. The molecular weight excluding hydrogens is 412 g/mol. The zero-order chi connectivity index (χ0) is 22.8. The van der Waals surface area contributed by atoms with E-state index in [-0.39, 0.29) is 5.91 Å². The van der Waals surface area contributed by atoms with Gasteiger partial charge < -0.3 is 14.4 Å². The number of carbonyl (C=O) groups is 1. The van der Waals surface area contributed by atoms with Crippen molar-refractivity contribution in [3.63, 3.8) is 0 Å². The summed E-state index contributed by atoms with van der Waals surface area (Å²) in [6.45, 7) is 3.84. The van der Waals surface area contributed by atoms with Crippen LogP contribution >= 0.6 is 0 Å². The fourth-order valence-corrected chi connectivity index (χ4v) is 4.38. The van der Waals surface area contributed by atoms with E-state index in [0.29, 0.717) is 18.7 Å². The monoisotopic (exact) mass is 438 g/mol. The molecule has 5 nitrogen and oxygen atoms in total. The number of hydrogen-bond donors (Lipinski definition) is 0. The van der Waals surface area contributed by atoms with Gasteiger partial charge in [-0.05, 0) is 54.8 Å². The molecule has 5 heteroatoms. The van der Waals surface area contributed by atoms with Gasteiger partial charge in [0.2, 0.25) is 0 Å². The van der Waals surface area contributed by atoms with Crippen LogP contribution in [-0.2, 0) is 13.0 Å². The summed E-state index contributed by atoms with van der Waals surface area (Å²) < 4.78 is 11.3. The molecule has 2 heterocycles. The predicted octanol–water partition coefficient (Wildman–Crippen LogP) is 5.51. The molecule has 33 heavy (non-hydrogen) atoms. The zero-order valence-electron chi connectivity index (χ0n) is 18.9. The second-order valence-electron chi connectivity index (χ2n) is 8.15. The Labute approximate surface area is 193 Å². The Bertz CT molecular complexity index is 1330. The molecule has 1 aliphatic rings. The van der Waals surface area contributed by atoms with E-state index in [1.54, 1.807) is 7.11 Å². The number of amides is 1. The topological polar surface area (TPSA) is 51.7 Å². The normalized spacial score (nSPS) is 13.0. The van der Waals surface area contributed by atoms with Crippen LogP contribution in [0, 0.1) is 0 Å². The van der Waals surface area contributed by atoms with E-state index in [9.17, 15) is 4.79 Å². The SMILES string of the molecule is CCOc1cc(-c2cccc(OC)c2)nc2ccc(C(=O)N3CCc4ccccc4C3)cc12. The van der Waals surface area contributed by atoms with Crippen LogP contribution in [0.25, 0.3) is 22.2 Å². The molecule has 5 rings (SSSR count). The molecule has 166 valence electrons. The maximum absolute atomic E-state index is 13.3. The van der Waals surface area contributed by atoms with Crippen molar-refractivity contribution >= 4 is 16.8 Å². The molecule has 0 unspecified atom stereocenters. The van der Waals surface area contributed by atoms with Crippen LogP contribution in [0.15, 0.2) is 72.8 Å². The molecular formula is C28H26N2O3. The van der Waals surface area contributed by atoms with Gasteiger partial charge in [-0.1, -0.05) is 36.4 Å². The molecule has 0 N–H and O–H groups in total. The van der Waals surface area contributed by atoms with Crippen molar-refractivity contribution in [2.45, 2.75) is 19.9 Å². The molecule has 1 aromatic heterocycles. The molecule has 0 atom stereocenters. The van der Waals surface area contributed by atoms with Crippen molar-refractivity contribution < 1.29 is 14.3 Å². The van der Waals surface area contributed by atoms with Crippen LogP contribution in [-0.4, -0.2) is 36.1 Å². The van der Waals surface area contributed by atoms with Crippen LogP contribution in [0.4, 0.5) is 0 Å². The minimum Gasteiger partial charge on any atom is -0.497 e. The van der Waals surface area contributed by atoms with E-state index >= 15 is 0 Å². The molecule has 0 radical (unpaired) electrons. The average molecular weight is 439 g/mol. The fourth-order valence-electron chi connectivity index (χ4n) is 4.38. The Kier molecular flexibility index (Phi) is 5.69. The molecule has 3 aromatic carbocycles. The van der Waals surface area contributed by atoms with Crippen molar-refractivity contribution in [2.75, 3.05) is 20.3 Å². The van der Waals surface area contributed by atoms with Crippen LogP contribution in [0.3, 0.4) is 0 Å². The summed E-state index contributed by atoms with van der Waals surface area (Å²) in [5, 5.41) is 0.840. The van der Waals surface area contributed by atoms with Crippen molar-refractivity contribution in [3.05, 3.63) is 89.5 Å². The Morgan fingerprint density at radius 1 is 1.00 bits per heavy atom. The first kappa shape index (κ1) is 21.0. The van der Waals surface area contributed by atoms with Crippen LogP contribution in [0.1, 0.15) is 28.4 Å². The fraction of sp³-hybridized carbons (Fsp3) is 0.214. The molecule has 1 amide bonds. The highest BCUT2D eigenvalue weighted by Gasteiger charge is 2.22. The van der Waals surface area contributed by atoms with Gasteiger partial charge >= 0.3 is 0 Å². The van der Waals surface area contributed by atoms with Gasteiger partial charge in [-0.15, -0.1) is 0 Å². The number of aromatic nitrogens is 1. The van der Waals surface area contributed by atoms with Crippen LogP contribution in [0.2, 0.25) is 0 Å². The summed E-state index contributed by atoms with van der Waals surface area (Å²) in [5.74, 6) is 1.53. The third kappa shape index (κ3) is 4.14. The summed E-state index contributed by atoms with van der Waals surface area (Å²) in [6, 6.07) is 23.8. The molecule has 0 bridgehead atoms. The number of rotatable bonds is 5. The number of fused-ring (bicyclic) bond motifs is 2. The lowest BCUT2D eigenvalue weighted by molar-refractivity contribution is 0.0735. The van der Waals surface area contributed by atoms with E-state index in [0.717, 1.165) is 46.6 Å². The first-order valence-electron chi connectivity index (χ1n) is 11.2. The first-order valence-corrected chi connectivity index (χ1v) is 11.2. The summed E-state index contributed by atoms with van der Waals surface area (Å²) in [7, 11) is 1.65. The van der Waals surface area contributed by atoms with Gasteiger partial charge in [-0.25, -0.2) is 4.98 Å². The zero-order valence-corrected chi connectivity index (χ0v) is 18.9. The van der Waals surface area contributed by atoms with Crippen molar-refractivity contribution in [2.24, 2.45) is 0 Å². The summed E-state index contributed by atoms with van der Waals surface area (Å²) in [6.07, 6.45) is 0.880. The second-order valence-corrected chi connectivity index (χ2v) is 8.15. The van der Waals surface area contributed by atoms with Crippen molar-refractivity contribution in [1.29, 1.82) is 0 Å². The third-order valence-electron chi connectivity index (χ3n) is 6.10. The first-order chi connectivity index (χ1) is 16.2. The summed E-state index contributed by atoms with van der Waals surface area (Å²) in [5.41, 5.74) is 5.74. The Morgan fingerprint density at radius 2 is 1.85 bits per heavy atom. The van der Waals surface area contributed by atoms with Crippen molar-refractivity contribution in [3.8, 4) is 22.8 Å². The molecule has 0 spiro atoms. The maximum atomic E-state index is 13.3. The molecule has 0 aliphatic carbocycles. The lowest BCUT2D eigenvalue weighted by Crippen LogP contribution is -2.35. The molecule has 4 aromatic rings. The van der Waals surface area contributed by atoms with Gasteiger partial charge in [0.25, 0.3) is 5.91 Å². The molecule has 0 saturated carbocycles. The smallest absolute Gasteiger partial charge is 0.254 e. The van der Waals surface area contributed by atoms with Crippen LogP contribution in [0.5, 0.6) is 11.5 Å². The minimum absolute atomic E-state index is 0.0331. The van der Waals surface area contributed by atoms with Gasteiger partial charge in [-0.2, -0.15) is 0 Å². The lowest BCUT2D eigenvalue weighted by atomic mass is 9.99. The number of ether oxygens (including phenoxy) is 2. The van der Waals surface area contributed by atoms with E-state index < -0.39 is 0 Å². The van der Waals surface area contributed by atoms with Crippen LogP contribution < -0.4 is 9.47 Å². The summed E-state index contributed by atoms with van der Waals surface area (Å²) in [4.78, 5) is 20.1. The largest absolute Gasteiger partial charge is 0.497 e.